The summed E-state index contributed by atoms with van der Waals surface area (Å²) >= 11 is 6.05. The minimum Gasteiger partial charge on any atom is -0.297 e. The Morgan fingerprint density at radius 1 is 1.37 bits per heavy atom. The first-order valence-electron chi connectivity index (χ1n) is 6.99. The third-order valence-electron chi connectivity index (χ3n) is 4.30. The van der Waals surface area contributed by atoms with Crippen LogP contribution in [0.15, 0.2) is 24.3 Å². The van der Waals surface area contributed by atoms with E-state index in [2.05, 4.69) is 30.2 Å². The summed E-state index contributed by atoms with van der Waals surface area (Å²) in [5, 5.41) is 0.784. The number of hydrogen-bond donors (Lipinski definition) is 2. The molecule has 0 radical (unpaired) electrons. The Hall–Kier alpha value is -0.610. The van der Waals surface area contributed by atoms with Crippen LogP contribution in [0.4, 0.5) is 0 Å². The SMILES string of the molecule is CC(C)(C(Cc1cccc(Cl)c1)NN)N1CCCC1. The molecular weight excluding hydrogens is 258 g/mol. The smallest absolute Gasteiger partial charge is 0.0429 e. The molecule has 106 valence electrons. The Kier molecular flexibility index (Phi) is 4.85. The third-order valence-corrected chi connectivity index (χ3v) is 4.54. The predicted molar refractivity (Wildman–Crippen MR) is 81.2 cm³/mol. The van der Waals surface area contributed by atoms with Crippen LogP contribution in [0, 0.1) is 0 Å². The minimum atomic E-state index is 0.0492. The van der Waals surface area contributed by atoms with E-state index in [-0.39, 0.29) is 11.6 Å². The summed E-state index contributed by atoms with van der Waals surface area (Å²) in [5.74, 6) is 5.80. The highest BCUT2D eigenvalue weighted by Gasteiger charge is 2.36. The van der Waals surface area contributed by atoms with E-state index in [1.54, 1.807) is 0 Å². The molecule has 0 bridgehead atoms. The molecule has 0 saturated carbocycles. The predicted octanol–water partition coefficient (Wildman–Crippen LogP) is 2.59. The fraction of sp³-hybridized carbons (Fsp3) is 0.600. The van der Waals surface area contributed by atoms with Gasteiger partial charge in [0, 0.05) is 16.6 Å². The van der Waals surface area contributed by atoms with Gasteiger partial charge in [-0.05, 0) is 63.9 Å². The molecule has 1 aliphatic rings. The molecule has 3 N–H and O–H groups in total. The standard InChI is InChI=1S/C15H24ClN3/c1-15(2,19-8-3-4-9-19)14(18-17)11-12-6-5-7-13(16)10-12/h5-7,10,14,18H,3-4,8-9,11,17H2,1-2H3. The van der Waals surface area contributed by atoms with Crippen molar-refractivity contribution in [3.05, 3.63) is 34.9 Å². The average molecular weight is 282 g/mol. The molecule has 1 aromatic carbocycles. The minimum absolute atomic E-state index is 0.0492. The number of hydrazine groups is 1. The largest absolute Gasteiger partial charge is 0.297 e. The van der Waals surface area contributed by atoms with Crippen molar-refractivity contribution in [3.63, 3.8) is 0 Å². The Bertz CT molecular complexity index is 414. The second-order valence-electron chi connectivity index (χ2n) is 5.90. The first kappa shape index (κ1) is 14.8. The third kappa shape index (κ3) is 3.48. The quantitative estimate of drug-likeness (QED) is 0.644. The van der Waals surface area contributed by atoms with E-state index in [9.17, 15) is 0 Å². The van der Waals surface area contributed by atoms with Gasteiger partial charge in [0.15, 0.2) is 0 Å². The van der Waals surface area contributed by atoms with Crippen LogP contribution in [0.25, 0.3) is 0 Å². The zero-order valence-corrected chi connectivity index (χ0v) is 12.6. The van der Waals surface area contributed by atoms with Crippen molar-refractivity contribution in [2.75, 3.05) is 13.1 Å². The number of benzene rings is 1. The van der Waals surface area contributed by atoms with E-state index in [1.165, 1.54) is 31.5 Å². The maximum atomic E-state index is 6.05. The van der Waals surface area contributed by atoms with Crippen LogP contribution in [0.5, 0.6) is 0 Å². The maximum absolute atomic E-state index is 6.05. The van der Waals surface area contributed by atoms with Gasteiger partial charge in [0.1, 0.15) is 0 Å². The lowest BCUT2D eigenvalue weighted by molar-refractivity contribution is 0.106. The van der Waals surface area contributed by atoms with Gasteiger partial charge in [-0.15, -0.1) is 0 Å². The number of halogens is 1. The number of hydrogen-bond acceptors (Lipinski definition) is 3. The van der Waals surface area contributed by atoms with Gasteiger partial charge in [-0.1, -0.05) is 23.7 Å². The van der Waals surface area contributed by atoms with Crippen LogP contribution >= 0.6 is 11.6 Å². The molecule has 2 rings (SSSR count). The second-order valence-corrected chi connectivity index (χ2v) is 6.34. The average Bonchev–Trinajstić information content (AvgIpc) is 2.90. The summed E-state index contributed by atoms with van der Waals surface area (Å²) in [6.07, 6.45) is 3.47. The summed E-state index contributed by atoms with van der Waals surface area (Å²) in [7, 11) is 0. The summed E-state index contributed by atoms with van der Waals surface area (Å²) in [4.78, 5) is 2.53. The second kappa shape index (κ2) is 6.23. The van der Waals surface area contributed by atoms with Crippen LogP contribution in [0.1, 0.15) is 32.3 Å². The van der Waals surface area contributed by atoms with E-state index in [0.29, 0.717) is 0 Å². The van der Waals surface area contributed by atoms with E-state index in [1.807, 2.05) is 18.2 Å². The highest BCUT2D eigenvalue weighted by atomic mass is 35.5. The zero-order chi connectivity index (χ0) is 13.9. The lowest BCUT2D eigenvalue weighted by Crippen LogP contribution is -2.59. The van der Waals surface area contributed by atoms with Gasteiger partial charge < -0.3 is 0 Å². The molecule has 0 spiro atoms. The number of nitrogens with two attached hydrogens (primary N) is 1. The molecule has 4 heteroatoms. The van der Waals surface area contributed by atoms with E-state index in [4.69, 9.17) is 17.4 Å². The summed E-state index contributed by atoms with van der Waals surface area (Å²) < 4.78 is 0. The molecule has 0 aromatic heterocycles. The Balaban J connectivity index is 2.10. The molecular formula is C15H24ClN3. The van der Waals surface area contributed by atoms with Crippen LogP contribution in [0.3, 0.4) is 0 Å². The first-order valence-corrected chi connectivity index (χ1v) is 7.37. The van der Waals surface area contributed by atoms with Gasteiger partial charge in [-0.25, -0.2) is 0 Å². The summed E-state index contributed by atoms with van der Waals surface area (Å²) in [6, 6.07) is 8.24. The summed E-state index contributed by atoms with van der Waals surface area (Å²) in [6.45, 7) is 6.88. The Morgan fingerprint density at radius 3 is 2.63 bits per heavy atom. The Labute approximate surface area is 121 Å². The van der Waals surface area contributed by atoms with Crippen LogP contribution < -0.4 is 11.3 Å². The van der Waals surface area contributed by atoms with Crippen molar-refractivity contribution >= 4 is 11.6 Å². The van der Waals surface area contributed by atoms with E-state index >= 15 is 0 Å². The van der Waals surface area contributed by atoms with Gasteiger partial charge in [0.05, 0.1) is 0 Å². The fourth-order valence-corrected chi connectivity index (χ4v) is 3.14. The molecule has 1 aliphatic heterocycles. The first-order chi connectivity index (χ1) is 9.04. The molecule has 0 aliphatic carbocycles. The van der Waals surface area contributed by atoms with Crippen molar-refractivity contribution in [2.45, 2.75) is 44.7 Å². The maximum Gasteiger partial charge on any atom is 0.0429 e. The molecule has 1 fully saturated rings. The van der Waals surface area contributed by atoms with Gasteiger partial charge in [-0.2, -0.15) is 0 Å². The summed E-state index contributed by atoms with van der Waals surface area (Å²) in [5.41, 5.74) is 4.28. The lowest BCUT2D eigenvalue weighted by atomic mass is 9.88. The molecule has 1 saturated heterocycles. The topological polar surface area (TPSA) is 41.3 Å². The van der Waals surface area contributed by atoms with Crippen molar-refractivity contribution in [1.29, 1.82) is 0 Å². The molecule has 3 nitrogen and oxygen atoms in total. The van der Waals surface area contributed by atoms with E-state index in [0.717, 1.165) is 11.4 Å². The highest BCUT2D eigenvalue weighted by Crippen LogP contribution is 2.26. The number of nitrogens with zero attached hydrogens (tertiary/aromatic N) is 1. The molecule has 1 atom stereocenters. The number of likely N-dealkylation sites (tertiary alicyclic amines) is 1. The van der Waals surface area contributed by atoms with Gasteiger partial charge in [0.2, 0.25) is 0 Å². The monoisotopic (exact) mass is 281 g/mol. The Morgan fingerprint density at radius 2 is 2.05 bits per heavy atom. The van der Waals surface area contributed by atoms with E-state index < -0.39 is 0 Å². The fourth-order valence-electron chi connectivity index (χ4n) is 2.93. The number of rotatable bonds is 5. The molecule has 1 heterocycles. The van der Waals surface area contributed by atoms with Crippen LogP contribution in [-0.4, -0.2) is 29.6 Å². The zero-order valence-electron chi connectivity index (χ0n) is 11.8. The van der Waals surface area contributed by atoms with Gasteiger partial charge >= 0.3 is 0 Å². The number of nitrogens with one attached hydrogen (secondary N) is 1. The molecule has 1 unspecified atom stereocenters. The van der Waals surface area contributed by atoms with Crippen molar-refractivity contribution in [1.82, 2.24) is 10.3 Å². The van der Waals surface area contributed by atoms with Crippen LogP contribution in [-0.2, 0) is 6.42 Å². The highest BCUT2D eigenvalue weighted by molar-refractivity contribution is 6.30. The van der Waals surface area contributed by atoms with Gasteiger partial charge in [0.25, 0.3) is 0 Å². The van der Waals surface area contributed by atoms with Crippen molar-refractivity contribution < 1.29 is 0 Å². The van der Waals surface area contributed by atoms with Crippen molar-refractivity contribution in [3.8, 4) is 0 Å². The normalized spacial score (nSPS) is 18.7. The van der Waals surface area contributed by atoms with Crippen LogP contribution in [0.2, 0.25) is 5.02 Å². The molecule has 0 amide bonds. The molecule has 19 heavy (non-hydrogen) atoms. The van der Waals surface area contributed by atoms with Crippen molar-refractivity contribution in [2.24, 2.45) is 5.84 Å². The molecule has 1 aromatic rings. The van der Waals surface area contributed by atoms with Gasteiger partial charge in [-0.3, -0.25) is 16.2 Å². The lowest BCUT2D eigenvalue weighted by Gasteiger charge is -2.42.